The zero-order chi connectivity index (χ0) is 21.3. The van der Waals surface area contributed by atoms with Gasteiger partial charge in [0.05, 0.1) is 19.7 Å². The zero-order valence-electron chi connectivity index (χ0n) is 15.9. The standard InChI is InChI=1S/C20H16F3NO5/c1-9-10(2)24-14-6-5-11(7-12(14)18(9)29-20(25)27-4)28-15-8-13(21)19(26-3)17(23)16(15)22/h5-8H,1-4H3. The SMILES string of the molecule is COC(=O)Oc1c(C)c(C)nc2ccc(Oc3cc(F)c(OC)c(F)c3F)cc12. The second-order valence-corrected chi connectivity index (χ2v) is 6.01. The fourth-order valence-corrected chi connectivity index (χ4v) is 2.69. The molecular weight excluding hydrogens is 391 g/mol. The predicted molar refractivity (Wildman–Crippen MR) is 97.2 cm³/mol. The van der Waals surface area contributed by atoms with Crippen molar-refractivity contribution in [3.63, 3.8) is 0 Å². The Morgan fingerprint density at radius 3 is 2.38 bits per heavy atom. The minimum atomic E-state index is -1.51. The summed E-state index contributed by atoms with van der Waals surface area (Å²) in [7, 11) is 2.18. The number of hydrogen-bond acceptors (Lipinski definition) is 6. The fourth-order valence-electron chi connectivity index (χ4n) is 2.69. The first-order valence-electron chi connectivity index (χ1n) is 8.32. The molecule has 0 amide bonds. The Bertz CT molecular complexity index is 1120. The Morgan fingerprint density at radius 1 is 1.00 bits per heavy atom. The van der Waals surface area contributed by atoms with Crippen LogP contribution in [0, 0.1) is 31.3 Å². The Hall–Kier alpha value is -3.49. The average Bonchev–Trinajstić information content (AvgIpc) is 2.70. The smallest absolute Gasteiger partial charge is 0.491 e. The van der Waals surface area contributed by atoms with Crippen LogP contribution in [0.3, 0.4) is 0 Å². The van der Waals surface area contributed by atoms with Crippen molar-refractivity contribution >= 4 is 17.1 Å². The molecule has 3 aromatic rings. The predicted octanol–water partition coefficient (Wildman–Crippen LogP) is 5.22. The lowest BCUT2D eigenvalue weighted by Gasteiger charge is -2.14. The molecule has 0 unspecified atom stereocenters. The summed E-state index contributed by atoms with van der Waals surface area (Å²) in [4.78, 5) is 16.0. The van der Waals surface area contributed by atoms with Gasteiger partial charge in [0.15, 0.2) is 17.3 Å². The van der Waals surface area contributed by atoms with Gasteiger partial charge in [0, 0.05) is 22.7 Å². The number of nitrogens with zero attached hydrogens (tertiary/aromatic N) is 1. The van der Waals surface area contributed by atoms with Crippen LogP contribution in [0.1, 0.15) is 11.3 Å². The van der Waals surface area contributed by atoms with E-state index in [0.29, 0.717) is 28.2 Å². The molecule has 3 rings (SSSR count). The van der Waals surface area contributed by atoms with E-state index in [1.165, 1.54) is 18.2 Å². The third kappa shape index (κ3) is 3.75. The number of hydrogen-bond donors (Lipinski definition) is 0. The van der Waals surface area contributed by atoms with E-state index >= 15 is 0 Å². The molecule has 1 heterocycles. The highest BCUT2D eigenvalue weighted by atomic mass is 19.2. The van der Waals surface area contributed by atoms with Gasteiger partial charge < -0.3 is 18.9 Å². The monoisotopic (exact) mass is 407 g/mol. The van der Waals surface area contributed by atoms with Crippen molar-refractivity contribution in [2.24, 2.45) is 0 Å². The molecule has 0 aliphatic carbocycles. The Kier molecular flexibility index (Phi) is 5.49. The van der Waals surface area contributed by atoms with Gasteiger partial charge in [-0.05, 0) is 32.0 Å². The molecule has 0 N–H and O–H groups in total. The third-order valence-electron chi connectivity index (χ3n) is 4.25. The minimum Gasteiger partial charge on any atom is -0.491 e. The minimum absolute atomic E-state index is 0.0418. The number of aryl methyl sites for hydroxylation is 1. The largest absolute Gasteiger partial charge is 0.513 e. The van der Waals surface area contributed by atoms with Crippen LogP contribution in [0.4, 0.5) is 18.0 Å². The summed E-state index contributed by atoms with van der Waals surface area (Å²) in [5, 5.41) is 0.367. The molecule has 0 atom stereocenters. The molecule has 6 nitrogen and oxygen atoms in total. The number of halogens is 3. The molecule has 0 aliphatic rings. The van der Waals surface area contributed by atoms with E-state index in [1.807, 2.05) is 0 Å². The lowest BCUT2D eigenvalue weighted by molar-refractivity contribution is 0.121. The summed E-state index contributed by atoms with van der Waals surface area (Å²) in [5.74, 6) is -5.34. The molecule has 29 heavy (non-hydrogen) atoms. The van der Waals surface area contributed by atoms with Crippen LogP contribution >= 0.6 is 0 Å². The van der Waals surface area contributed by atoms with Gasteiger partial charge in [0.2, 0.25) is 11.6 Å². The number of methoxy groups -OCH3 is 2. The van der Waals surface area contributed by atoms with E-state index in [1.54, 1.807) is 13.8 Å². The van der Waals surface area contributed by atoms with Gasteiger partial charge >= 0.3 is 6.16 Å². The maximum Gasteiger partial charge on any atom is 0.513 e. The maximum atomic E-state index is 14.2. The second kappa shape index (κ2) is 7.86. The second-order valence-electron chi connectivity index (χ2n) is 6.01. The molecular formula is C20H16F3NO5. The average molecular weight is 407 g/mol. The molecule has 0 spiro atoms. The first-order chi connectivity index (χ1) is 13.8. The summed E-state index contributed by atoms with van der Waals surface area (Å²) < 4.78 is 61.6. The van der Waals surface area contributed by atoms with Crippen molar-refractivity contribution in [1.82, 2.24) is 4.98 Å². The van der Waals surface area contributed by atoms with Crippen LogP contribution in [0.25, 0.3) is 10.9 Å². The molecule has 1 aromatic heterocycles. The molecule has 0 aliphatic heterocycles. The van der Waals surface area contributed by atoms with Crippen LogP contribution in [-0.4, -0.2) is 25.4 Å². The molecule has 9 heteroatoms. The summed E-state index contributed by atoms with van der Waals surface area (Å²) in [6.45, 7) is 3.43. The van der Waals surface area contributed by atoms with Crippen molar-refractivity contribution in [1.29, 1.82) is 0 Å². The van der Waals surface area contributed by atoms with Crippen molar-refractivity contribution < 1.29 is 36.9 Å². The normalized spacial score (nSPS) is 10.7. The van der Waals surface area contributed by atoms with E-state index in [2.05, 4.69) is 14.5 Å². The lowest BCUT2D eigenvalue weighted by atomic mass is 10.1. The van der Waals surface area contributed by atoms with Crippen LogP contribution in [0.15, 0.2) is 24.3 Å². The zero-order valence-corrected chi connectivity index (χ0v) is 15.9. The summed E-state index contributed by atoms with van der Waals surface area (Å²) >= 11 is 0. The fraction of sp³-hybridized carbons (Fsp3) is 0.200. The number of pyridine rings is 1. The highest BCUT2D eigenvalue weighted by Crippen LogP contribution is 2.37. The molecule has 2 aromatic carbocycles. The Morgan fingerprint density at radius 2 is 1.72 bits per heavy atom. The van der Waals surface area contributed by atoms with Gasteiger partial charge in [-0.25, -0.2) is 9.18 Å². The first-order valence-corrected chi connectivity index (χ1v) is 8.32. The van der Waals surface area contributed by atoms with E-state index in [9.17, 15) is 18.0 Å². The number of benzene rings is 2. The van der Waals surface area contributed by atoms with Crippen molar-refractivity contribution in [3.8, 4) is 23.0 Å². The van der Waals surface area contributed by atoms with Crippen molar-refractivity contribution in [3.05, 3.63) is 53.0 Å². The van der Waals surface area contributed by atoms with E-state index < -0.39 is 35.1 Å². The number of carbonyl (C=O) groups excluding carboxylic acids is 1. The summed E-state index contributed by atoms with van der Waals surface area (Å²) in [6, 6.07) is 5.05. The highest BCUT2D eigenvalue weighted by molar-refractivity contribution is 5.89. The Labute approximate surface area is 163 Å². The molecule has 152 valence electrons. The first kappa shape index (κ1) is 20.2. The molecule has 0 radical (unpaired) electrons. The number of carbonyl (C=O) groups is 1. The molecule has 0 saturated heterocycles. The number of ether oxygens (including phenoxy) is 4. The van der Waals surface area contributed by atoms with Crippen LogP contribution < -0.4 is 14.2 Å². The highest BCUT2D eigenvalue weighted by Gasteiger charge is 2.22. The van der Waals surface area contributed by atoms with Crippen molar-refractivity contribution in [2.45, 2.75) is 13.8 Å². The summed E-state index contributed by atoms with van der Waals surface area (Å²) in [6.07, 6.45) is -0.934. The van der Waals surface area contributed by atoms with Crippen molar-refractivity contribution in [2.75, 3.05) is 14.2 Å². The number of rotatable bonds is 4. The maximum absolute atomic E-state index is 14.2. The molecule has 0 saturated carbocycles. The van der Waals surface area contributed by atoms with E-state index in [-0.39, 0.29) is 11.5 Å². The lowest BCUT2D eigenvalue weighted by Crippen LogP contribution is -2.09. The van der Waals surface area contributed by atoms with Gasteiger partial charge in [-0.2, -0.15) is 8.78 Å². The van der Waals surface area contributed by atoms with E-state index in [0.717, 1.165) is 14.2 Å². The Balaban J connectivity index is 2.09. The van der Waals surface area contributed by atoms with E-state index in [4.69, 9.17) is 9.47 Å². The van der Waals surface area contributed by atoms with Gasteiger partial charge in [0.1, 0.15) is 11.5 Å². The number of fused-ring (bicyclic) bond motifs is 1. The number of aromatic nitrogens is 1. The quantitative estimate of drug-likeness (QED) is 0.437. The van der Waals surface area contributed by atoms with Gasteiger partial charge in [0.25, 0.3) is 0 Å². The third-order valence-corrected chi connectivity index (χ3v) is 4.25. The van der Waals surface area contributed by atoms with Crippen LogP contribution in [-0.2, 0) is 4.74 Å². The molecule has 0 fully saturated rings. The van der Waals surface area contributed by atoms with Crippen LogP contribution in [0.2, 0.25) is 0 Å². The topological polar surface area (TPSA) is 66.9 Å². The molecule has 0 bridgehead atoms. The summed E-state index contributed by atoms with van der Waals surface area (Å²) in [5.41, 5.74) is 1.66. The van der Waals surface area contributed by atoms with Crippen LogP contribution in [0.5, 0.6) is 23.0 Å². The van der Waals surface area contributed by atoms with Gasteiger partial charge in [-0.15, -0.1) is 0 Å². The van der Waals surface area contributed by atoms with Gasteiger partial charge in [-0.1, -0.05) is 0 Å². The van der Waals surface area contributed by atoms with Gasteiger partial charge in [-0.3, -0.25) is 4.98 Å².